The molecular weight excluding hydrogens is 394 g/mol. The van der Waals surface area contributed by atoms with Crippen molar-refractivity contribution < 1.29 is 23.9 Å². The van der Waals surface area contributed by atoms with Gasteiger partial charge in [-0.3, -0.25) is 14.5 Å². The Morgan fingerprint density at radius 3 is 2.59 bits per heavy atom. The summed E-state index contributed by atoms with van der Waals surface area (Å²) in [6.07, 6.45) is 2.75. The minimum Gasteiger partial charge on any atom is -0.462 e. The van der Waals surface area contributed by atoms with Gasteiger partial charge in [-0.05, 0) is 50.2 Å². The first-order valence-corrected chi connectivity index (χ1v) is 10.7. The molecule has 1 aromatic rings. The minimum absolute atomic E-state index is 0.0165. The van der Waals surface area contributed by atoms with E-state index in [0.29, 0.717) is 15.4 Å². The number of esters is 1. The predicted octanol–water partition coefficient (Wildman–Crippen LogP) is 2.92. The van der Waals surface area contributed by atoms with Gasteiger partial charge in [-0.1, -0.05) is 20.3 Å². The number of aryl methyl sites for hydroxylation is 1. The van der Waals surface area contributed by atoms with Gasteiger partial charge in [0.15, 0.2) is 0 Å². The fraction of sp³-hybridized carbons (Fsp3) is 0.600. The monoisotopic (exact) mass is 421 g/mol. The van der Waals surface area contributed by atoms with Crippen LogP contribution in [-0.4, -0.2) is 47.4 Å². The Labute approximate surface area is 174 Å². The zero-order valence-corrected chi connectivity index (χ0v) is 18.0. The average Bonchev–Trinajstić information content (AvgIpc) is 3.13. The second-order valence-electron chi connectivity index (χ2n) is 7.81. The number of carbonyl (C=O) groups excluding carboxylic acids is 4. The lowest BCUT2D eigenvalue weighted by Crippen LogP contribution is -2.59. The van der Waals surface area contributed by atoms with E-state index >= 15 is 0 Å². The summed E-state index contributed by atoms with van der Waals surface area (Å²) in [5.74, 6) is -1.22. The summed E-state index contributed by atoms with van der Waals surface area (Å²) in [6, 6.07) is 1.15. The van der Waals surface area contributed by atoms with E-state index in [2.05, 4.69) is 10.6 Å². The first-order valence-electron chi connectivity index (χ1n) is 9.92. The van der Waals surface area contributed by atoms with Crippen molar-refractivity contribution in [1.82, 2.24) is 10.2 Å². The number of ether oxygens (including phenoxy) is 1. The molecule has 3 rings (SSSR count). The van der Waals surface area contributed by atoms with E-state index in [4.69, 9.17) is 4.74 Å². The lowest BCUT2D eigenvalue weighted by Gasteiger charge is -2.42. The van der Waals surface area contributed by atoms with Gasteiger partial charge in [-0.15, -0.1) is 11.3 Å². The molecule has 0 radical (unpaired) electrons. The van der Waals surface area contributed by atoms with E-state index in [9.17, 15) is 19.2 Å². The van der Waals surface area contributed by atoms with Crippen molar-refractivity contribution in [3.63, 3.8) is 0 Å². The first-order chi connectivity index (χ1) is 13.7. The molecule has 1 aliphatic carbocycles. The van der Waals surface area contributed by atoms with Crippen molar-refractivity contribution in [1.29, 1.82) is 0 Å². The average molecular weight is 422 g/mol. The summed E-state index contributed by atoms with van der Waals surface area (Å²) < 4.78 is 5.00. The summed E-state index contributed by atoms with van der Waals surface area (Å²) in [7, 11) is 0. The van der Waals surface area contributed by atoms with Crippen molar-refractivity contribution in [2.24, 2.45) is 11.8 Å². The highest BCUT2D eigenvalue weighted by Crippen LogP contribution is 2.42. The molecule has 0 aromatic carbocycles. The molecule has 2 heterocycles. The van der Waals surface area contributed by atoms with Crippen molar-refractivity contribution in [2.75, 3.05) is 18.5 Å². The Morgan fingerprint density at radius 2 is 1.97 bits per heavy atom. The van der Waals surface area contributed by atoms with Gasteiger partial charge in [0.05, 0.1) is 11.6 Å². The number of nitrogens with zero attached hydrogens (tertiary/aromatic N) is 1. The molecular formula is C20H27N3O5S. The zero-order valence-electron chi connectivity index (χ0n) is 17.2. The summed E-state index contributed by atoms with van der Waals surface area (Å²) in [6.45, 7) is 7.33. The lowest BCUT2D eigenvalue weighted by molar-refractivity contribution is -0.138. The minimum atomic E-state index is -0.924. The highest BCUT2D eigenvalue weighted by Gasteiger charge is 2.58. The Balaban J connectivity index is 1.70. The van der Waals surface area contributed by atoms with Gasteiger partial charge in [-0.25, -0.2) is 9.59 Å². The van der Waals surface area contributed by atoms with E-state index in [1.165, 1.54) is 0 Å². The molecule has 1 aliphatic heterocycles. The molecule has 1 saturated heterocycles. The third-order valence-electron chi connectivity index (χ3n) is 5.93. The van der Waals surface area contributed by atoms with Crippen LogP contribution in [-0.2, 0) is 14.3 Å². The lowest BCUT2D eigenvalue weighted by atomic mass is 9.67. The van der Waals surface area contributed by atoms with E-state index in [-0.39, 0.29) is 30.9 Å². The second kappa shape index (κ2) is 8.14. The van der Waals surface area contributed by atoms with Crippen molar-refractivity contribution in [2.45, 2.75) is 52.5 Å². The van der Waals surface area contributed by atoms with Crippen LogP contribution in [0.5, 0.6) is 0 Å². The number of nitrogens with one attached hydrogen (secondary N) is 2. The van der Waals surface area contributed by atoms with Crippen LogP contribution in [0.1, 0.15) is 55.3 Å². The van der Waals surface area contributed by atoms with Gasteiger partial charge in [0.25, 0.3) is 5.91 Å². The maximum atomic E-state index is 13.1. The molecule has 0 bridgehead atoms. The SMILES string of the molecule is CCOC(=O)c1sc(NC(=O)CN2C(=O)NC3(C2=O)[C@@H](C)CCC[C@@H]3C)cc1C. The molecule has 2 aliphatic rings. The number of hydrogen-bond acceptors (Lipinski definition) is 6. The molecule has 4 amide bonds. The third-order valence-corrected chi connectivity index (χ3v) is 7.06. The highest BCUT2D eigenvalue weighted by molar-refractivity contribution is 7.18. The first kappa shape index (κ1) is 21.3. The number of urea groups is 1. The van der Waals surface area contributed by atoms with E-state index < -0.39 is 23.4 Å². The summed E-state index contributed by atoms with van der Waals surface area (Å²) in [5.41, 5.74) is -0.228. The second-order valence-corrected chi connectivity index (χ2v) is 8.87. The molecule has 8 nitrogen and oxygen atoms in total. The maximum Gasteiger partial charge on any atom is 0.348 e. The van der Waals surface area contributed by atoms with Gasteiger partial charge < -0.3 is 15.4 Å². The third kappa shape index (κ3) is 3.75. The van der Waals surface area contributed by atoms with Gasteiger partial charge >= 0.3 is 12.0 Å². The molecule has 29 heavy (non-hydrogen) atoms. The number of hydrogen-bond donors (Lipinski definition) is 2. The van der Waals surface area contributed by atoms with Crippen molar-refractivity contribution in [3.05, 3.63) is 16.5 Å². The number of thiophene rings is 1. The topological polar surface area (TPSA) is 105 Å². The smallest absolute Gasteiger partial charge is 0.348 e. The Kier molecular flexibility index (Phi) is 5.97. The summed E-state index contributed by atoms with van der Waals surface area (Å²) in [4.78, 5) is 51.5. The molecule has 2 fully saturated rings. The van der Waals surface area contributed by atoms with E-state index in [1.54, 1.807) is 19.9 Å². The van der Waals surface area contributed by atoms with Crippen LogP contribution in [0.15, 0.2) is 6.07 Å². The predicted molar refractivity (Wildman–Crippen MR) is 109 cm³/mol. The van der Waals surface area contributed by atoms with E-state index in [1.807, 2.05) is 13.8 Å². The Morgan fingerprint density at radius 1 is 1.31 bits per heavy atom. The van der Waals surface area contributed by atoms with E-state index in [0.717, 1.165) is 35.5 Å². The number of imide groups is 1. The number of rotatable bonds is 5. The number of anilines is 1. The van der Waals surface area contributed by atoms with Gasteiger partial charge in [0.1, 0.15) is 17.0 Å². The normalized spacial score (nSPS) is 23.2. The van der Waals surface area contributed by atoms with Crippen LogP contribution >= 0.6 is 11.3 Å². The number of carbonyl (C=O) groups is 4. The Bertz CT molecular complexity index is 839. The molecule has 0 unspecified atom stereocenters. The van der Waals surface area contributed by atoms with Crippen molar-refractivity contribution in [3.8, 4) is 0 Å². The van der Waals surface area contributed by atoms with Crippen LogP contribution in [0.2, 0.25) is 0 Å². The van der Waals surface area contributed by atoms with Crippen LogP contribution < -0.4 is 10.6 Å². The summed E-state index contributed by atoms with van der Waals surface area (Å²) in [5, 5.41) is 6.03. The quantitative estimate of drug-likeness (QED) is 0.562. The van der Waals surface area contributed by atoms with Crippen LogP contribution in [0.25, 0.3) is 0 Å². The molecule has 2 N–H and O–H groups in total. The molecule has 1 spiro atoms. The Hall–Kier alpha value is -2.42. The van der Waals surface area contributed by atoms with Crippen LogP contribution in [0, 0.1) is 18.8 Å². The largest absolute Gasteiger partial charge is 0.462 e. The summed E-state index contributed by atoms with van der Waals surface area (Å²) >= 11 is 1.11. The molecule has 1 aromatic heterocycles. The fourth-order valence-corrected chi connectivity index (χ4v) is 5.34. The van der Waals surface area contributed by atoms with Gasteiger partial charge in [0.2, 0.25) is 5.91 Å². The van der Waals surface area contributed by atoms with Gasteiger partial charge in [-0.2, -0.15) is 0 Å². The van der Waals surface area contributed by atoms with Crippen LogP contribution in [0.4, 0.5) is 9.80 Å². The van der Waals surface area contributed by atoms with Gasteiger partial charge in [0, 0.05) is 0 Å². The molecule has 2 atom stereocenters. The number of amides is 4. The molecule has 1 saturated carbocycles. The van der Waals surface area contributed by atoms with Crippen molar-refractivity contribution >= 4 is 40.2 Å². The molecule has 158 valence electrons. The molecule has 9 heteroatoms. The highest BCUT2D eigenvalue weighted by atomic mass is 32.1. The maximum absolute atomic E-state index is 13.1. The van der Waals surface area contributed by atoms with Crippen LogP contribution in [0.3, 0.4) is 0 Å². The standard InChI is InChI=1S/C20H27N3O5S/c1-5-28-17(25)16-11(2)9-15(29-16)21-14(24)10-23-18(26)20(22-19(23)27)12(3)7-6-8-13(20)4/h9,12-13H,5-8,10H2,1-4H3,(H,21,24)(H,22,27)/t12-,13-/m0/s1. The zero-order chi connectivity index (χ0) is 21.3. The fourth-order valence-electron chi connectivity index (χ4n) is 4.36.